The number of carbonyl (C=O) groups is 1. The van der Waals surface area contributed by atoms with Gasteiger partial charge in [0.25, 0.3) is 0 Å². The smallest absolute Gasteiger partial charge is 0.359 e. The third-order valence-corrected chi connectivity index (χ3v) is 2.69. The summed E-state index contributed by atoms with van der Waals surface area (Å²) < 4.78 is 9.78. The van der Waals surface area contributed by atoms with Gasteiger partial charge in [0.2, 0.25) is 0 Å². The van der Waals surface area contributed by atoms with E-state index in [0.717, 1.165) is 13.1 Å². The molecule has 2 heterocycles. The van der Waals surface area contributed by atoms with E-state index in [9.17, 15) is 4.79 Å². The molecule has 0 radical (unpaired) electrons. The normalized spacial score (nSPS) is 15.8. The molecule has 1 aliphatic rings. The van der Waals surface area contributed by atoms with E-state index in [4.69, 9.17) is 16.3 Å². The highest BCUT2D eigenvalue weighted by atomic mass is 35.5. The molecule has 92 valence electrons. The van der Waals surface area contributed by atoms with Gasteiger partial charge in [0, 0.05) is 13.1 Å². The van der Waals surface area contributed by atoms with Crippen LogP contribution in [-0.2, 0) is 9.47 Å². The average molecular weight is 258 g/mol. The molecule has 7 heteroatoms. The third kappa shape index (κ3) is 2.65. The van der Waals surface area contributed by atoms with Gasteiger partial charge in [-0.05, 0) is 0 Å². The van der Waals surface area contributed by atoms with Gasteiger partial charge in [0.15, 0.2) is 10.8 Å². The molecule has 6 nitrogen and oxygen atoms in total. The van der Waals surface area contributed by atoms with Crippen molar-refractivity contribution in [3.8, 4) is 0 Å². The van der Waals surface area contributed by atoms with E-state index >= 15 is 0 Å². The van der Waals surface area contributed by atoms with Gasteiger partial charge in [0.1, 0.15) is 5.82 Å². The monoisotopic (exact) mass is 257 g/mol. The van der Waals surface area contributed by atoms with Crippen LogP contribution in [0.3, 0.4) is 0 Å². The Bertz CT molecular complexity index is 421. The fourth-order valence-electron chi connectivity index (χ4n) is 1.54. The molecule has 0 N–H and O–H groups in total. The fourth-order valence-corrected chi connectivity index (χ4v) is 1.75. The van der Waals surface area contributed by atoms with E-state index in [2.05, 4.69) is 14.7 Å². The van der Waals surface area contributed by atoms with Crippen molar-refractivity contribution in [2.75, 3.05) is 38.3 Å². The van der Waals surface area contributed by atoms with Crippen molar-refractivity contribution < 1.29 is 14.3 Å². The molecule has 0 unspecified atom stereocenters. The summed E-state index contributed by atoms with van der Waals surface area (Å²) in [6.07, 6.45) is 1.52. The van der Waals surface area contributed by atoms with Crippen molar-refractivity contribution in [1.29, 1.82) is 0 Å². The zero-order chi connectivity index (χ0) is 12.3. The molecule has 0 spiro atoms. The van der Waals surface area contributed by atoms with E-state index in [1.165, 1.54) is 13.3 Å². The highest BCUT2D eigenvalue weighted by molar-refractivity contribution is 6.32. The molecule has 17 heavy (non-hydrogen) atoms. The van der Waals surface area contributed by atoms with E-state index < -0.39 is 5.97 Å². The summed E-state index contributed by atoms with van der Waals surface area (Å²) in [6.45, 7) is 2.78. The van der Waals surface area contributed by atoms with Crippen molar-refractivity contribution in [2.24, 2.45) is 0 Å². The first kappa shape index (κ1) is 12.1. The van der Waals surface area contributed by atoms with Crippen LogP contribution in [0.25, 0.3) is 0 Å². The van der Waals surface area contributed by atoms with Gasteiger partial charge in [-0.2, -0.15) is 0 Å². The Morgan fingerprint density at radius 1 is 1.53 bits per heavy atom. The number of rotatable bonds is 2. The number of anilines is 1. The molecule has 0 aliphatic carbocycles. The number of esters is 1. The lowest BCUT2D eigenvalue weighted by atomic mass is 10.4. The van der Waals surface area contributed by atoms with Crippen molar-refractivity contribution in [1.82, 2.24) is 9.97 Å². The number of carbonyl (C=O) groups excluding carboxylic acids is 1. The van der Waals surface area contributed by atoms with Crippen molar-refractivity contribution in [3.63, 3.8) is 0 Å². The molecular formula is C10H12ClN3O3. The minimum absolute atomic E-state index is 0.0335. The number of morpholine rings is 1. The number of hydrogen-bond donors (Lipinski definition) is 0. The van der Waals surface area contributed by atoms with Gasteiger partial charge >= 0.3 is 5.97 Å². The highest BCUT2D eigenvalue weighted by Gasteiger charge is 2.18. The molecule has 0 amide bonds. The van der Waals surface area contributed by atoms with Crippen molar-refractivity contribution in [3.05, 3.63) is 17.0 Å². The Labute approximate surface area is 104 Å². The van der Waals surface area contributed by atoms with E-state index in [1.807, 2.05) is 4.90 Å². The summed E-state index contributed by atoms with van der Waals surface area (Å²) in [7, 11) is 1.27. The fraction of sp³-hybridized carbons (Fsp3) is 0.500. The molecule has 0 saturated carbocycles. The van der Waals surface area contributed by atoms with E-state index in [1.54, 1.807) is 0 Å². The van der Waals surface area contributed by atoms with Crippen LogP contribution in [0.5, 0.6) is 0 Å². The Hall–Kier alpha value is -1.40. The van der Waals surface area contributed by atoms with Crippen LogP contribution in [0.2, 0.25) is 5.15 Å². The maximum absolute atomic E-state index is 11.3. The molecular weight excluding hydrogens is 246 g/mol. The first-order valence-corrected chi connectivity index (χ1v) is 5.53. The number of nitrogens with zero attached hydrogens (tertiary/aromatic N) is 3. The van der Waals surface area contributed by atoms with E-state index in [-0.39, 0.29) is 10.8 Å². The summed E-state index contributed by atoms with van der Waals surface area (Å²) in [6, 6.07) is 0. The summed E-state index contributed by atoms with van der Waals surface area (Å²) in [5.74, 6) is 0.0574. The van der Waals surface area contributed by atoms with Crippen LogP contribution in [0.1, 0.15) is 10.5 Å². The summed E-state index contributed by atoms with van der Waals surface area (Å²) in [4.78, 5) is 21.4. The number of hydrogen-bond acceptors (Lipinski definition) is 6. The molecule has 1 aliphatic heterocycles. The van der Waals surface area contributed by atoms with Crippen molar-refractivity contribution >= 4 is 23.4 Å². The predicted octanol–water partition coefficient (Wildman–Crippen LogP) is 0.753. The molecule has 1 fully saturated rings. The van der Waals surface area contributed by atoms with E-state index in [0.29, 0.717) is 19.0 Å². The number of halogens is 1. The molecule has 0 atom stereocenters. The van der Waals surface area contributed by atoms with Crippen LogP contribution >= 0.6 is 11.6 Å². The standard InChI is InChI=1S/C10H12ClN3O3/c1-16-10(15)8-9(11)13-7(6-12-8)14-2-4-17-5-3-14/h6H,2-5H2,1H3. The van der Waals surface area contributed by atoms with Crippen LogP contribution in [-0.4, -0.2) is 49.4 Å². The summed E-state index contributed by atoms with van der Waals surface area (Å²) in [5.41, 5.74) is 0.0335. The van der Waals surface area contributed by atoms with Gasteiger partial charge in [-0.15, -0.1) is 0 Å². The molecule has 0 aromatic carbocycles. The topological polar surface area (TPSA) is 64.5 Å². The largest absolute Gasteiger partial charge is 0.464 e. The second-order valence-electron chi connectivity index (χ2n) is 3.46. The lowest BCUT2D eigenvalue weighted by molar-refractivity contribution is 0.0593. The van der Waals surface area contributed by atoms with Gasteiger partial charge in [-0.3, -0.25) is 0 Å². The second kappa shape index (κ2) is 5.29. The molecule has 0 bridgehead atoms. The minimum atomic E-state index is -0.587. The quantitative estimate of drug-likeness (QED) is 0.729. The molecule has 1 aromatic heterocycles. The molecule has 1 aromatic rings. The SMILES string of the molecule is COC(=O)c1ncc(N2CCOCC2)nc1Cl. The Kier molecular flexibility index (Phi) is 3.75. The summed E-state index contributed by atoms with van der Waals surface area (Å²) in [5, 5.41) is 0.0563. The third-order valence-electron chi connectivity index (χ3n) is 2.43. The Morgan fingerprint density at radius 3 is 2.82 bits per heavy atom. The molecule has 2 rings (SSSR count). The summed E-state index contributed by atoms with van der Waals surface area (Å²) >= 11 is 5.89. The number of aromatic nitrogens is 2. The van der Waals surface area contributed by atoms with Gasteiger partial charge < -0.3 is 14.4 Å². The van der Waals surface area contributed by atoms with Crippen LogP contribution in [0.15, 0.2) is 6.20 Å². The maximum atomic E-state index is 11.3. The zero-order valence-corrected chi connectivity index (χ0v) is 10.1. The maximum Gasteiger partial charge on any atom is 0.359 e. The lowest BCUT2D eigenvalue weighted by Gasteiger charge is -2.27. The lowest BCUT2D eigenvalue weighted by Crippen LogP contribution is -2.37. The zero-order valence-electron chi connectivity index (χ0n) is 9.35. The molecule has 1 saturated heterocycles. The first-order valence-electron chi connectivity index (χ1n) is 5.16. The van der Waals surface area contributed by atoms with Crippen LogP contribution in [0.4, 0.5) is 5.82 Å². The second-order valence-corrected chi connectivity index (χ2v) is 3.82. The van der Waals surface area contributed by atoms with Crippen molar-refractivity contribution in [2.45, 2.75) is 0 Å². The highest BCUT2D eigenvalue weighted by Crippen LogP contribution is 2.18. The first-order chi connectivity index (χ1) is 8.22. The predicted molar refractivity (Wildman–Crippen MR) is 61.4 cm³/mol. The minimum Gasteiger partial charge on any atom is -0.464 e. The Morgan fingerprint density at radius 2 is 2.24 bits per heavy atom. The van der Waals surface area contributed by atoms with Gasteiger partial charge in [-0.25, -0.2) is 14.8 Å². The van der Waals surface area contributed by atoms with Crippen LogP contribution in [0, 0.1) is 0 Å². The van der Waals surface area contributed by atoms with Gasteiger partial charge in [0.05, 0.1) is 26.5 Å². The average Bonchev–Trinajstić information content (AvgIpc) is 2.39. The van der Waals surface area contributed by atoms with Gasteiger partial charge in [-0.1, -0.05) is 11.6 Å². The number of ether oxygens (including phenoxy) is 2. The Balaban J connectivity index is 2.20. The van der Waals surface area contributed by atoms with Crippen LogP contribution < -0.4 is 4.90 Å². The number of methoxy groups -OCH3 is 1.